The summed E-state index contributed by atoms with van der Waals surface area (Å²) < 4.78 is 0. The van der Waals surface area contributed by atoms with E-state index in [1.807, 2.05) is 7.05 Å². The molecular weight excluding hydrogens is 158 g/mol. The molecule has 0 saturated heterocycles. The van der Waals surface area contributed by atoms with Gasteiger partial charge in [-0.3, -0.25) is 0 Å². The van der Waals surface area contributed by atoms with E-state index in [1.165, 1.54) is 16.7 Å². The minimum atomic E-state index is 0.415. The van der Waals surface area contributed by atoms with Crippen LogP contribution >= 0.6 is 0 Å². The van der Waals surface area contributed by atoms with E-state index in [2.05, 4.69) is 44.3 Å². The average molecular weight is 177 g/mol. The summed E-state index contributed by atoms with van der Waals surface area (Å²) in [5, 5.41) is 3.32. The molecule has 0 saturated carbocycles. The van der Waals surface area contributed by atoms with Gasteiger partial charge >= 0.3 is 0 Å². The van der Waals surface area contributed by atoms with Crippen molar-refractivity contribution in [1.29, 1.82) is 0 Å². The Hall–Kier alpha value is -0.820. The summed E-state index contributed by atoms with van der Waals surface area (Å²) in [7, 11) is 2.01. The molecular formula is C12H19N. The average Bonchev–Trinajstić information content (AvgIpc) is 2.47. The predicted octanol–water partition coefficient (Wildman–Crippen LogP) is 2.82. The molecule has 0 bridgehead atoms. The standard InChI is InChI=1S/C12H19N/c1-9(2)7-12(13-4)11-6-5-10(3)8-11/h5-7,12-13H,8H2,1-4H3. The van der Waals surface area contributed by atoms with Gasteiger partial charge in [0.25, 0.3) is 0 Å². The Morgan fingerprint density at radius 3 is 2.54 bits per heavy atom. The number of hydrogen-bond donors (Lipinski definition) is 1. The molecule has 1 nitrogen and oxygen atoms in total. The summed E-state index contributed by atoms with van der Waals surface area (Å²) >= 11 is 0. The van der Waals surface area contributed by atoms with Crippen LogP contribution in [-0.2, 0) is 0 Å². The lowest BCUT2D eigenvalue weighted by Crippen LogP contribution is -2.24. The lowest BCUT2D eigenvalue weighted by atomic mass is 10.0. The molecule has 0 aromatic carbocycles. The molecule has 0 heterocycles. The fourth-order valence-corrected chi connectivity index (χ4v) is 1.61. The first-order valence-corrected chi connectivity index (χ1v) is 4.82. The van der Waals surface area contributed by atoms with E-state index in [4.69, 9.17) is 0 Å². The van der Waals surface area contributed by atoms with Crippen molar-refractivity contribution < 1.29 is 0 Å². The van der Waals surface area contributed by atoms with Crippen molar-refractivity contribution in [3.8, 4) is 0 Å². The van der Waals surface area contributed by atoms with Crippen molar-refractivity contribution in [1.82, 2.24) is 5.32 Å². The first-order chi connectivity index (χ1) is 6.13. The number of nitrogens with one attached hydrogen (secondary N) is 1. The van der Waals surface area contributed by atoms with Crippen molar-refractivity contribution in [3.05, 3.63) is 34.9 Å². The van der Waals surface area contributed by atoms with Crippen LogP contribution in [0, 0.1) is 0 Å². The monoisotopic (exact) mass is 177 g/mol. The molecule has 1 heteroatoms. The van der Waals surface area contributed by atoms with Crippen LogP contribution in [0.1, 0.15) is 27.2 Å². The lowest BCUT2D eigenvalue weighted by Gasteiger charge is -2.14. The highest BCUT2D eigenvalue weighted by atomic mass is 14.9. The third-order valence-corrected chi connectivity index (χ3v) is 2.28. The Kier molecular flexibility index (Phi) is 3.49. The smallest absolute Gasteiger partial charge is 0.0471 e. The third-order valence-electron chi connectivity index (χ3n) is 2.28. The van der Waals surface area contributed by atoms with Gasteiger partial charge in [-0.2, -0.15) is 0 Å². The third kappa shape index (κ3) is 2.85. The van der Waals surface area contributed by atoms with Crippen LogP contribution in [0.4, 0.5) is 0 Å². The van der Waals surface area contributed by atoms with Gasteiger partial charge < -0.3 is 5.32 Å². The zero-order valence-electron chi connectivity index (χ0n) is 9.02. The van der Waals surface area contributed by atoms with Gasteiger partial charge in [-0.25, -0.2) is 0 Å². The van der Waals surface area contributed by atoms with Gasteiger partial charge in [0.15, 0.2) is 0 Å². The van der Waals surface area contributed by atoms with Crippen LogP contribution in [0.5, 0.6) is 0 Å². The highest BCUT2D eigenvalue weighted by molar-refractivity contribution is 5.35. The normalized spacial score (nSPS) is 17.8. The molecule has 0 aliphatic heterocycles. The Morgan fingerprint density at radius 1 is 1.46 bits per heavy atom. The van der Waals surface area contributed by atoms with E-state index < -0.39 is 0 Å². The first kappa shape index (κ1) is 10.3. The molecule has 1 atom stereocenters. The molecule has 0 fully saturated rings. The van der Waals surface area contributed by atoms with Crippen molar-refractivity contribution in [2.24, 2.45) is 0 Å². The van der Waals surface area contributed by atoms with E-state index in [9.17, 15) is 0 Å². The van der Waals surface area contributed by atoms with Crippen LogP contribution in [0.15, 0.2) is 34.9 Å². The summed E-state index contributed by atoms with van der Waals surface area (Å²) in [6.07, 6.45) is 7.84. The lowest BCUT2D eigenvalue weighted by molar-refractivity contribution is 0.732. The largest absolute Gasteiger partial charge is 0.310 e. The van der Waals surface area contributed by atoms with Gasteiger partial charge in [-0.05, 0) is 39.8 Å². The summed E-state index contributed by atoms with van der Waals surface area (Å²) in [5.74, 6) is 0. The van der Waals surface area contributed by atoms with Crippen LogP contribution in [-0.4, -0.2) is 13.1 Å². The van der Waals surface area contributed by atoms with Crippen molar-refractivity contribution >= 4 is 0 Å². The van der Waals surface area contributed by atoms with Gasteiger partial charge in [0.1, 0.15) is 0 Å². The summed E-state index contributed by atoms with van der Waals surface area (Å²) in [5.41, 5.74) is 4.29. The first-order valence-electron chi connectivity index (χ1n) is 4.82. The van der Waals surface area contributed by atoms with E-state index in [0.717, 1.165) is 6.42 Å². The molecule has 0 aromatic heterocycles. The summed E-state index contributed by atoms with van der Waals surface area (Å²) in [6, 6.07) is 0.415. The Labute approximate surface area is 81.2 Å². The van der Waals surface area contributed by atoms with E-state index in [1.54, 1.807) is 0 Å². The van der Waals surface area contributed by atoms with Gasteiger partial charge in [0, 0.05) is 6.04 Å². The van der Waals surface area contributed by atoms with Gasteiger partial charge in [-0.15, -0.1) is 0 Å². The Balaban J connectivity index is 2.65. The second-order valence-corrected chi connectivity index (χ2v) is 3.94. The molecule has 13 heavy (non-hydrogen) atoms. The zero-order chi connectivity index (χ0) is 9.84. The van der Waals surface area contributed by atoms with Crippen LogP contribution in [0.3, 0.4) is 0 Å². The second-order valence-electron chi connectivity index (χ2n) is 3.94. The maximum Gasteiger partial charge on any atom is 0.0471 e. The molecule has 72 valence electrons. The maximum atomic E-state index is 3.32. The predicted molar refractivity (Wildman–Crippen MR) is 58.7 cm³/mol. The molecule has 1 aliphatic carbocycles. The van der Waals surface area contributed by atoms with Gasteiger partial charge in [0.2, 0.25) is 0 Å². The molecule has 0 aromatic rings. The maximum absolute atomic E-state index is 3.32. The minimum absolute atomic E-state index is 0.415. The van der Waals surface area contributed by atoms with Crippen LogP contribution < -0.4 is 5.32 Å². The van der Waals surface area contributed by atoms with Crippen LogP contribution in [0.2, 0.25) is 0 Å². The van der Waals surface area contributed by atoms with Gasteiger partial charge in [0.05, 0.1) is 0 Å². The van der Waals surface area contributed by atoms with E-state index >= 15 is 0 Å². The summed E-state index contributed by atoms with van der Waals surface area (Å²) in [6.45, 7) is 6.46. The molecule has 0 spiro atoms. The van der Waals surface area contributed by atoms with Crippen molar-refractivity contribution in [2.45, 2.75) is 33.2 Å². The molecule has 1 unspecified atom stereocenters. The number of rotatable bonds is 3. The second kappa shape index (κ2) is 4.43. The van der Waals surface area contributed by atoms with Crippen molar-refractivity contribution in [3.63, 3.8) is 0 Å². The topological polar surface area (TPSA) is 12.0 Å². The van der Waals surface area contributed by atoms with Crippen LogP contribution in [0.25, 0.3) is 0 Å². The Bertz CT molecular complexity index is 265. The SMILES string of the molecule is CNC(C=C(C)C)C1=CC=C(C)C1. The zero-order valence-corrected chi connectivity index (χ0v) is 9.02. The number of likely N-dealkylation sites (N-methyl/N-ethyl adjacent to an activating group) is 1. The molecule has 1 aliphatic rings. The fourth-order valence-electron chi connectivity index (χ4n) is 1.61. The minimum Gasteiger partial charge on any atom is -0.310 e. The Morgan fingerprint density at radius 2 is 2.15 bits per heavy atom. The highest BCUT2D eigenvalue weighted by Gasteiger charge is 2.12. The van der Waals surface area contributed by atoms with E-state index in [-0.39, 0.29) is 0 Å². The van der Waals surface area contributed by atoms with E-state index in [0.29, 0.717) is 6.04 Å². The molecule has 1 rings (SSSR count). The highest BCUT2D eigenvalue weighted by Crippen LogP contribution is 2.22. The van der Waals surface area contributed by atoms with Crippen molar-refractivity contribution in [2.75, 3.05) is 7.05 Å². The number of allylic oxidation sites excluding steroid dienone is 4. The molecule has 0 amide bonds. The molecule has 0 radical (unpaired) electrons. The number of hydrogen-bond acceptors (Lipinski definition) is 1. The quantitative estimate of drug-likeness (QED) is 0.654. The fraction of sp³-hybridized carbons (Fsp3) is 0.500. The van der Waals surface area contributed by atoms with Gasteiger partial charge in [-0.1, -0.05) is 29.4 Å². The summed E-state index contributed by atoms with van der Waals surface area (Å²) in [4.78, 5) is 0. The molecule has 1 N–H and O–H groups in total.